The predicted octanol–water partition coefficient (Wildman–Crippen LogP) is 2.24. The smallest absolute Gasteiger partial charge is 0.126 e. The number of hydrogen-bond acceptors (Lipinski definition) is 4. The molecule has 0 aliphatic rings. The third kappa shape index (κ3) is 0.922. The Morgan fingerprint density at radius 2 is 2.15 bits per heavy atom. The van der Waals surface area contributed by atoms with Crippen LogP contribution in [0.3, 0.4) is 0 Å². The first-order chi connectivity index (χ1) is 6.45. The van der Waals surface area contributed by atoms with E-state index in [2.05, 4.69) is 15.2 Å². The van der Waals surface area contributed by atoms with Crippen molar-refractivity contribution in [3.05, 3.63) is 30.6 Å². The van der Waals surface area contributed by atoms with Crippen LogP contribution in [-0.4, -0.2) is 15.2 Å². The van der Waals surface area contributed by atoms with Crippen LogP contribution in [-0.2, 0) is 0 Å². The van der Waals surface area contributed by atoms with Crippen molar-refractivity contribution < 1.29 is 0 Å². The van der Waals surface area contributed by atoms with Crippen LogP contribution >= 0.6 is 11.3 Å². The summed E-state index contributed by atoms with van der Waals surface area (Å²) in [5.74, 6) is 0. The third-order valence-electron chi connectivity index (χ3n) is 1.92. The molecular formula is C9H5N3S. The van der Waals surface area contributed by atoms with Crippen molar-refractivity contribution >= 4 is 31.8 Å². The minimum absolute atomic E-state index is 0.954. The number of fused-ring (bicyclic) bond motifs is 3. The van der Waals surface area contributed by atoms with E-state index in [0.29, 0.717) is 0 Å². The number of nitrogens with zero attached hydrogens (tertiary/aromatic N) is 3. The summed E-state index contributed by atoms with van der Waals surface area (Å²) < 4.78 is 1.14. The van der Waals surface area contributed by atoms with Gasteiger partial charge in [-0.05, 0) is 18.2 Å². The van der Waals surface area contributed by atoms with Crippen LogP contribution < -0.4 is 0 Å². The summed E-state index contributed by atoms with van der Waals surface area (Å²) in [5, 5.41) is 9.05. The molecule has 0 radical (unpaired) electrons. The van der Waals surface area contributed by atoms with Crippen LogP contribution in [0.2, 0.25) is 0 Å². The van der Waals surface area contributed by atoms with Crippen molar-refractivity contribution in [1.29, 1.82) is 0 Å². The van der Waals surface area contributed by atoms with E-state index < -0.39 is 0 Å². The van der Waals surface area contributed by atoms with Gasteiger partial charge in [-0.15, -0.1) is 16.4 Å². The Morgan fingerprint density at radius 1 is 1.15 bits per heavy atom. The molecule has 0 amide bonds. The van der Waals surface area contributed by atoms with Gasteiger partial charge in [0.25, 0.3) is 0 Å². The average molecular weight is 187 g/mol. The lowest BCUT2D eigenvalue weighted by Gasteiger charge is -1.85. The maximum atomic E-state index is 4.27. The van der Waals surface area contributed by atoms with E-state index in [-0.39, 0.29) is 0 Å². The first kappa shape index (κ1) is 6.91. The average Bonchev–Trinajstić information content (AvgIpc) is 2.56. The minimum Gasteiger partial charge on any atom is -0.245 e. The van der Waals surface area contributed by atoms with Crippen LogP contribution in [0.1, 0.15) is 0 Å². The molecule has 0 atom stereocenters. The van der Waals surface area contributed by atoms with Gasteiger partial charge in [-0.25, -0.2) is 4.98 Å². The maximum absolute atomic E-state index is 4.27. The summed E-state index contributed by atoms with van der Waals surface area (Å²) >= 11 is 1.65. The highest BCUT2D eigenvalue weighted by molar-refractivity contribution is 7.25. The van der Waals surface area contributed by atoms with Crippen LogP contribution in [0.5, 0.6) is 0 Å². The topological polar surface area (TPSA) is 38.7 Å². The highest BCUT2D eigenvalue weighted by atomic mass is 32.1. The predicted molar refractivity (Wildman–Crippen MR) is 52.7 cm³/mol. The molecule has 3 aromatic rings. The molecule has 0 spiro atoms. The molecule has 0 unspecified atom stereocenters. The quantitative estimate of drug-likeness (QED) is 0.541. The SMILES string of the molecule is c1cnc2sc3ccnnc3c2c1. The molecule has 3 heterocycles. The zero-order chi connectivity index (χ0) is 8.67. The highest BCUT2D eigenvalue weighted by Gasteiger charge is 2.04. The molecule has 3 nitrogen and oxygen atoms in total. The second-order valence-corrected chi connectivity index (χ2v) is 3.73. The lowest BCUT2D eigenvalue weighted by molar-refractivity contribution is 1.08. The van der Waals surface area contributed by atoms with Gasteiger partial charge in [-0.3, -0.25) is 0 Å². The normalized spacial score (nSPS) is 11.1. The summed E-state index contributed by atoms with van der Waals surface area (Å²) in [7, 11) is 0. The molecule has 13 heavy (non-hydrogen) atoms. The number of thiophene rings is 1. The van der Waals surface area contributed by atoms with E-state index in [1.54, 1.807) is 23.7 Å². The van der Waals surface area contributed by atoms with E-state index >= 15 is 0 Å². The van der Waals surface area contributed by atoms with E-state index in [1.165, 1.54) is 0 Å². The molecule has 0 N–H and O–H groups in total. The van der Waals surface area contributed by atoms with Gasteiger partial charge in [0.2, 0.25) is 0 Å². The van der Waals surface area contributed by atoms with Gasteiger partial charge in [0.05, 0.1) is 10.9 Å². The van der Waals surface area contributed by atoms with Gasteiger partial charge in [-0.2, -0.15) is 5.10 Å². The second-order valence-electron chi connectivity index (χ2n) is 2.70. The molecule has 0 aromatic carbocycles. The Balaban J connectivity index is 2.64. The molecule has 3 aromatic heterocycles. The number of pyridine rings is 1. The zero-order valence-electron chi connectivity index (χ0n) is 6.64. The van der Waals surface area contributed by atoms with Gasteiger partial charge in [0, 0.05) is 11.6 Å². The molecule has 0 fully saturated rings. The highest BCUT2D eigenvalue weighted by Crippen LogP contribution is 2.29. The molecule has 0 aliphatic carbocycles. The van der Waals surface area contributed by atoms with E-state index in [4.69, 9.17) is 0 Å². The fraction of sp³-hybridized carbons (Fsp3) is 0. The molecule has 0 bridgehead atoms. The standard InChI is InChI=1S/C9H5N3S/c1-2-6-8-7(3-5-11-12-8)13-9(6)10-4-1/h1-5H. The van der Waals surface area contributed by atoms with Gasteiger partial charge >= 0.3 is 0 Å². The Labute approximate surface area is 78.1 Å². The molecular weight excluding hydrogens is 182 g/mol. The Kier molecular flexibility index (Phi) is 1.31. The number of aromatic nitrogens is 3. The monoisotopic (exact) mass is 187 g/mol. The Morgan fingerprint density at radius 3 is 3.15 bits per heavy atom. The number of rotatable bonds is 0. The van der Waals surface area contributed by atoms with Crippen molar-refractivity contribution in [3.8, 4) is 0 Å². The molecule has 4 heteroatoms. The van der Waals surface area contributed by atoms with E-state index in [0.717, 1.165) is 20.4 Å². The fourth-order valence-corrected chi connectivity index (χ4v) is 2.32. The van der Waals surface area contributed by atoms with Crippen molar-refractivity contribution in [2.75, 3.05) is 0 Å². The third-order valence-corrected chi connectivity index (χ3v) is 2.98. The summed E-state index contributed by atoms with van der Waals surface area (Å²) in [5.41, 5.74) is 0.954. The fourth-order valence-electron chi connectivity index (χ4n) is 1.35. The molecule has 62 valence electrons. The van der Waals surface area contributed by atoms with Crippen molar-refractivity contribution in [1.82, 2.24) is 15.2 Å². The van der Waals surface area contributed by atoms with Crippen molar-refractivity contribution in [2.24, 2.45) is 0 Å². The van der Waals surface area contributed by atoms with Crippen LogP contribution in [0.15, 0.2) is 30.6 Å². The molecule has 0 saturated carbocycles. The van der Waals surface area contributed by atoms with Gasteiger partial charge < -0.3 is 0 Å². The van der Waals surface area contributed by atoms with Crippen molar-refractivity contribution in [2.45, 2.75) is 0 Å². The Hall–Kier alpha value is -1.55. The lowest BCUT2D eigenvalue weighted by Crippen LogP contribution is -1.77. The van der Waals surface area contributed by atoms with Crippen LogP contribution in [0.25, 0.3) is 20.4 Å². The zero-order valence-corrected chi connectivity index (χ0v) is 7.45. The number of hydrogen-bond donors (Lipinski definition) is 0. The summed E-state index contributed by atoms with van der Waals surface area (Å²) in [6, 6.07) is 5.91. The van der Waals surface area contributed by atoms with Gasteiger partial charge in [-0.1, -0.05) is 0 Å². The van der Waals surface area contributed by atoms with Gasteiger partial charge in [0.1, 0.15) is 10.3 Å². The largest absolute Gasteiger partial charge is 0.245 e. The van der Waals surface area contributed by atoms with Gasteiger partial charge in [0.15, 0.2) is 0 Å². The van der Waals surface area contributed by atoms with E-state index in [1.807, 2.05) is 18.2 Å². The van der Waals surface area contributed by atoms with Crippen LogP contribution in [0.4, 0.5) is 0 Å². The summed E-state index contributed by atoms with van der Waals surface area (Å²) in [6.45, 7) is 0. The maximum Gasteiger partial charge on any atom is 0.126 e. The molecule has 0 saturated heterocycles. The van der Waals surface area contributed by atoms with Crippen LogP contribution in [0, 0.1) is 0 Å². The Bertz CT molecular complexity index is 523. The summed E-state index contributed by atoms with van der Waals surface area (Å²) in [6.07, 6.45) is 3.50. The minimum atomic E-state index is 0.954. The summed E-state index contributed by atoms with van der Waals surface area (Å²) in [4.78, 5) is 5.30. The first-order valence-electron chi connectivity index (χ1n) is 3.90. The molecule has 3 rings (SSSR count). The van der Waals surface area contributed by atoms with Crippen molar-refractivity contribution in [3.63, 3.8) is 0 Å². The van der Waals surface area contributed by atoms with E-state index in [9.17, 15) is 0 Å². The lowest BCUT2D eigenvalue weighted by atomic mass is 10.3. The molecule has 0 aliphatic heterocycles. The second kappa shape index (κ2) is 2.47. The first-order valence-corrected chi connectivity index (χ1v) is 4.72.